The summed E-state index contributed by atoms with van der Waals surface area (Å²) in [6, 6.07) is 0. The normalized spacial score (nSPS) is 14.2. The zero-order valence-corrected chi connectivity index (χ0v) is 11.6. The molecule has 0 aromatic rings. The molecule has 0 aliphatic rings. The van der Waals surface area contributed by atoms with Crippen LogP contribution in [0.15, 0.2) is 5.10 Å². The topological polar surface area (TPSA) is 24.4 Å². The number of rotatable bonds is 4. The SMILES string of the molecule is CCCNN=C(CC(C)(C)C)C(C)(C)C. The van der Waals surface area contributed by atoms with Gasteiger partial charge in [0, 0.05) is 17.7 Å². The van der Waals surface area contributed by atoms with E-state index in [9.17, 15) is 0 Å². The highest BCUT2D eigenvalue weighted by molar-refractivity contribution is 5.89. The fourth-order valence-corrected chi connectivity index (χ4v) is 1.24. The van der Waals surface area contributed by atoms with Crippen molar-refractivity contribution < 1.29 is 0 Å². The van der Waals surface area contributed by atoms with Crippen LogP contribution in [0, 0.1) is 10.8 Å². The number of hydrazone groups is 1. The van der Waals surface area contributed by atoms with Crippen LogP contribution in [0.4, 0.5) is 0 Å². The third-order valence-electron chi connectivity index (χ3n) is 2.14. The van der Waals surface area contributed by atoms with Gasteiger partial charge in [-0.2, -0.15) is 5.10 Å². The summed E-state index contributed by atoms with van der Waals surface area (Å²) in [5.74, 6) is 0. The molecule has 0 aromatic carbocycles. The minimum absolute atomic E-state index is 0.161. The highest BCUT2D eigenvalue weighted by Crippen LogP contribution is 2.27. The summed E-state index contributed by atoms with van der Waals surface area (Å²) < 4.78 is 0. The fraction of sp³-hybridized carbons (Fsp3) is 0.923. The molecule has 1 N–H and O–H groups in total. The fourth-order valence-electron chi connectivity index (χ4n) is 1.24. The molecule has 0 amide bonds. The third-order valence-corrected chi connectivity index (χ3v) is 2.14. The zero-order chi connectivity index (χ0) is 12.1. The highest BCUT2D eigenvalue weighted by atomic mass is 15.3. The molecule has 0 rings (SSSR count). The average molecular weight is 212 g/mol. The lowest BCUT2D eigenvalue weighted by Gasteiger charge is -2.27. The highest BCUT2D eigenvalue weighted by Gasteiger charge is 2.24. The van der Waals surface area contributed by atoms with Crippen LogP contribution in [0.2, 0.25) is 0 Å². The van der Waals surface area contributed by atoms with Crippen molar-refractivity contribution in [3.05, 3.63) is 0 Å². The van der Waals surface area contributed by atoms with E-state index in [-0.39, 0.29) is 5.41 Å². The standard InChI is InChI=1S/C13H28N2/c1-8-9-14-15-11(13(5,6)7)10-12(2,3)4/h14H,8-10H2,1-7H3. The molecule has 0 spiro atoms. The van der Waals surface area contributed by atoms with Gasteiger partial charge in [-0.05, 0) is 18.3 Å². The van der Waals surface area contributed by atoms with Crippen molar-refractivity contribution in [3.8, 4) is 0 Å². The van der Waals surface area contributed by atoms with Gasteiger partial charge in [0.1, 0.15) is 0 Å². The van der Waals surface area contributed by atoms with E-state index in [2.05, 4.69) is 59.0 Å². The minimum Gasteiger partial charge on any atom is -0.310 e. The van der Waals surface area contributed by atoms with Crippen LogP contribution >= 0.6 is 0 Å². The predicted octanol–water partition coefficient (Wildman–Crippen LogP) is 3.82. The Morgan fingerprint density at radius 3 is 1.93 bits per heavy atom. The molecule has 0 fully saturated rings. The van der Waals surface area contributed by atoms with Crippen LogP contribution < -0.4 is 5.43 Å². The molecule has 0 aliphatic carbocycles. The van der Waals surface area contributed by atoms with Gasteiger partial charge < -0.3 is 5.43 Å². The molecular weight excluding hydrogens is 184 g/mol. The van der Waals surface area contributed by atoms with Crippen LogP contribution in [0.25, 0.3) is 0 Å². The molecule has 2 heteroatoms. The number of nitrogens with zero attached hydrogens (tertiary/aromatic N) is 1. The Morgan fingerprint density at radius 2 is 1.60 bits per heavy atom. The van der Waals surface area contributed by atoms with E-state index in [1.54, 1.807) is 0 Å². The maximum Gasteiger partial charge on any atom is 0.0436 e. The summed E-state index contributed by atoms with van der Waals surface area (Å²) in [7, 11) is 0. The second kappa shape index (κ2) is 5.53. The second-order valence-corrected chi connectivity index (χ2v) is 6.45. The van der Waals surface area contributed by atoms with Crippen molar-refractivity contribution in [2.24, 2.45) is 15.9 Å². The Kier molecular flexibility index (Phi) is 5.33. The number of hydrogen-bond acceptors (Lipinski definition) is 2. The zero-order valence-electron chi connectivity index (χ0n) is 11.6. The van der Waals surface area contributed by atoms with Gasteiger partial charge in [0.25, 0.3) is 0 Å². The van der Waals surface area contributed by atoms with Crippen LogP contribution in [0.3, 0.4) is 0 Å². The summed E-state index contributed by atoms with van der Waals surface area (Å²) in [6.45, 7) is 16.6. The second-order valence-electron chi connectivity index (χ2n) is 6.45. The Hall–Kier alpha value is -0.530. The van der Waals surface area contributed by atoms with Crippen LogP contribution in [-0.4, -0.2) is 12.3 Å². The Balaban J connectivity index is 4.53. The van der Waals surface area contributed by atoms with E-state index < -0.39 is 0 Å². The van der Waals surface area contributed by atoms with E-state index in [1.165, 1.54) is 5.71 Å². The maximum absolute atomic E-state index is 4.54. The molecule has 0 aromatic heterocycles. The molecule has 0 saturated carbocycles. The van der Waals surface area contributed by atoms with Gasteiger partial charge in [0.2, 0.25) is 0 Å². The first-order chi connectivity index (χ1) is 6.67. The molecule has 0 aliphatic heterocycles. The van der Waals surface area contributed by atoms with Crippen LogP contribution in [0.5, 0.6) is 0 Å². The van der Waals surface area contributed by atoms with Gasteiger partial charge in [-0.3, -0.25) is 0 Å². The van der Waals surface area contributed by atoms with Gasteiger partial charge >= 0.3 is 0 Å². The van der Waals surface area contributed by atoms with Gasteiger partial charge in [-0.25, -0.2) is 0 Å². The summed E-state index contributed by atoms with van der Waals surface area (Å²) in [4.78, 5) is 0. The molecule has 0 radical (unpaired) electrons. The van der Waals surface area contributed by atoms with E-state index in [1.807, 2.05) is 0 Å². The molecule has 0 unspecified atom stereocenters. The Morgan fingerprint density at radius 1 is 1.07 bits per heavy atom. The summed E-state index contributed by atoms with van der Waals surface area (Å²) in [5.41, 5.74) is 4.89. The van der Waals surface area contributed by atoms with E-state index >= 15 is 0 Å². The van der Waals surface area contributed by atoms with Gasteiger partial charge in [-0.1, -0.05) is 48.5 Å². The van der Waals surface area contributed by atoms with E-state index in [0.717, 1.165) is 19.4 Å². The molecule has 90 valence electrons. The average Bonchev–Trinajstić information content (AvgIpc) is 1.99. The van der Waals surface area contributed by atoms with E-state index in [0.29, 0.717) is 5.41 Å². The molecule has 0 atom stereocenters. The van der Waals surface area contributed by atoms with Crippen molar-refractivity contribution in [3.63, 3.8) is 0 Å². The smallest absolute Gasteiger partial charge is 0.0436 e. The van der Waals surface area contributed by atoms with Crippen molar-refractivity contribution >= 4 is 5.71 Å². The quantitative estimate of drug-likeness (QED) is 0.427. The maximum atomic E-state index is 4.54. The van der Waals surface area contributed by atoms with Gasteiger partial charge in [-0.15, -0.1) is 0 Å². The molecule has 2 nitrogen and oxygen atoms in total. The predicted molar refractivity (Wildman–Crippen MR) is 69.3 cm³/mol. The summed E-state index contributed by atoms with van der Waals surface area (Å²) in [6.07, 6.45) is 2.17. The van der Waals surface area contributed by atoms with Crippen molar-refractivity contribution in [1.29, 1.82) is 0 Å². The molecule has 0 bridgehead atoms. The lowest BCUT2D eigenvalue weighted by molar-refractivity contribution is 0.410. The third kappa shape index (κ3) is 7.40. The largest absolute Gasteiger partial charge is 0.310 e. The molecular formula is C13H28N2. The lowest BCUT2D eigenvalue weighted by Crippen LogP contribution is -2.28. The first kappa shape index (κ1) is 14.5. The Labute approximate surface area is 95.5 Å². The van der Waals surface area contributed by atoms with Crippen molar-refractivity contribution in [2.75, 3.05) is 6.54 Å². The number of hydrogen-bond donors (Lipinski definition) is 1. The van der Waals surface area contributed by atoms with Crippen molar-refractivity contribution in [2.45, 2.75) is 61.3 Å². The summed E-state index contributed by atoms with van der Waals surface area (Å²) in [5, 5.41) is 4.54. The van der Waals surface area contributed by atoms with Crippen LogP contribution in [-0.2, 0) is 0 Å². The number of nitrogens with one attached hydrogen (secondary N) is 1. The first-order valence-electron chi connectivity index (χ1n) is 5.96. The monoisotopic (exact) mass is 212 g/mol. The molecule has 0 heterocycles. The minimum atomic E-state index is 0.161. The molecule has 0 saturated heterocycles. The summed E-state index contributed by atoms with van der Waals surface area (Å²) >= 11 is 0. The first-order valence-corrected chi connectivity index (χ1v) is 5.96. The van der Waals surface area contributed by atoms with Crippen molar-refractivity contribution in [1.82, 2.24) is 5.43 Å². The Bertz CT molecular complexity index is 204. The lowest BCUT2D eigenvalue weighted by atomic mass is 9.79. The van der Waals surface area contributed by atoms with E-state index in [4.69, 9.17) is 0 Å². The van der Waals surface area contributed by atoms with Gasteiger partial charge in [0.05, 0.1) is 0 Å². The molecule has 15 heavy (non-hydrogen) atoms. The van der Waals surface area contributed by atoms with Gasteiger partial charge in [0.15, 0.2) is 0 Å². The van der Waals surface area contributed by atoms with Crippen LogP contribution in [0.1, 0.15) is 61.3 Å².